The van der Waals surface area contributed by atoms with Crippen molar-refractivity contribution >= 4 is 29.8 Å². The van der Waals surface area contributed by atoms with Gasteiger partial charge in [-0.2, -0.15) is 4.90 Å². The van der Waals surface area contributed by atoms with Crippen molar-refractivity contribution in [1.82, 2.24) is 5.32 Å². The molecule has 0 aliphatic carbocycles. The Labute approximate surface area is 199 Å². The number of amides is 2. The molecule has 0 aromatic heterocycles. The van der Waals surface area contributed by atoms with E-state index in [1.807, 2.05) is 0 Å². The number of rotatable bonds is 4. The zero-order chi connectivity index (χ0) is 25.8. The monoisotopic (exact) mass is 478 g/mol. The first-order valence-corrected chi connectivity index (χ1v) is 10.9. The fraction of sp³-hybridized carbons (Fsp3) is 0.583. The minimum atomic E-state index is -0.870. The number of imide groups is 1. The van der Waals surface area contributed by atoms with Crippen LogP contribution in [0.3, 0.4) is 0 Å². The van der Waals surface area contributed by atoms with Gasteiger partial charge in [0.2, 0.25) is 0 Å². The number of carbonyl (C=O) groups is 4. The molecule has 188 valence electrons. The van der Waals surface area contributed by atoms with Gasteiger partial charge in [-0.3, -0.25) is 14.9 Å². The van der Waals surface area contributed by atoms with E-state index >= 15 is 0 Å². The molecular weight excluding hydrogens is 444 g/mol. The van der Waals surface area contributed by atoms with E-state index in [0.717, 1.165) is 10.5 Å². The van der Waals surface area contributed by atoms with Gasteiger partial charge in [-0.25, -0.2) is 9.59 Å². The third kappa shape index (κ3) is 6.93. The van der Waals surface area contributed by atoms with Gasteiger partial charge in [0.25, 0.3) is 0 Å². The highest BCUT2D eigenvalue weighted by molar-refractivity contribution is 6.09. The molecule has 1 heterocycles. The Balaban J connectivity index is 2.32. The summed E-state index contributed by atoms with van der Waals surface area (Å²) in [5.74, 6) is -1.78. The molecule has 34 heavy (non-hydrogen) atoms. The highest BCUT2D eigenvalue weighted by Crippen LogP contribution is 2.34. The number of benzene rings is 1. The molecule has 1 aromatic carbocycles. The lowest BCUT2D eigenvalue weighted by Crippen LogP contribution is -2.43. The van der Waals surface area contributed by atoms with Crippen LogP contribution in [-0.4, -0.2) is 55.6 Å². The molecule has 10 heteroatoms. The van der Waals surface area contributed by atoms with Crippen LogP contribution in [0, 0.1) is 5.92 Å². The van der Waals surface area contributed by atoms with Crippen molar-refractivity contribution in [2.45, 2.75) is 71.2 Å². The first-order valence-electron chi connectivity index (χ1n) is 10.9. The van der Waals surface area contributed by atoms with E-state index in [1.54, 1.807) is 65.8 Å². The van der Waals surface area contributed by atoms with E-state index < -0.39 is 47.3 Å². The molecule has 1 aromatic rings. The van der Waals surface area contributed by atoms with Crippen molar-refractivity contribution in [3.63, 3.8) is 0 Å². The summed E-state index contributed by atoms with van der Waals surface area (Å²) in [4.78, 5) is 50.8. The molecule has 2 amide bonds. The van der Waals surface area contributed by atoms with Crippen LogP contribution in [0.1, 0.15) is 59.6 Å². The maximum absolute atomic E-state index is 12.8. The molecular formula is C24H34N2O8. The molecule has 1 fully saturated rings. The van der Waals surface area contributed by atoms with Gasteiger partial charge in [0, 0.05) is 6.04 Å². The van der Waals surface area contributed by atoms with Crippen molar-refractivity contribution in [2.75, 3.05) is 19.1 Å². The Morgan fingerprint density at radius 2 is 1.29 bits per heavy atom. The Morgan fingerprint density at radius 3 is 1.71 bits per heavy atom. The number of ether oxygens (including phenoxy) is 4. The van der Waals surface area contributed by atoms with E-state index in [4.69, 9.17) is 18.9 Å². The normalized spacial score (nSPS) is 20.3. The fourth-order valence-corrected chi connectivity index (χ4v) is 3.52. The second kappa shape index (κ2) is 10.4. The molecule has 1 saturated heterocycles. The number of methoxy groups -OCH3 is 2. The predicted molar refractivity (Wildman–Crippen MR) is 123 cm³/mol. The van der Waals surface area contributed by atoms with Crippen molar-refractivity contribution in [3.05, 3.63) is 29.8 Å². The third-order valence-corrected chi connectivity index (χ3v) is 4.94. The van der Waals surface area contributed by atoms with Gasteiger partial charge < -0.3 is 18.9 Å². The number of hydrogen-bond donors (Lipinski definition) is 1. The van der Waals surface area contributed by atoms with E-state index in [0.29, 0.717) is 6.42 Å². The molecule has 1 aliphatic rings. The molecule has 0 unspecified atom stereocenters. The maximum atomic E-state index is 12.8. The van der Waals surface area contributed by atoms with Gasteiger partial charge >= 0.3 is 24.1 Å². The summed E-state index contributed by atoms with van der Waals surface area (Å²) in [5.41, 5.74) is -0.648. The lowest BCUT2D eigenvalue weighted by molar-refractivity contribution is -0.153. The standard InChI is InChI=1S/C24H34N2O8/c1-23(2,3)33-21(29)26(22(30)34-24(4,5)6)15-11-9-14(10-12-15)17-13-16(19(27)31-7)18(25-17)20(28)32-8/h9-12,16-18,25H,13H2,1-8H3/t16-,17+,18-/m1/s1. The van der Waals surface area contributed by atoms with Crippen LogP contribution in [0.15, 0.2) is 24.3 Å². The molecule has 1 aliphatic heterocycles. The molecule has 1 N–H and O–H groups in total. The predicted octanol–water partition coefficient (Wildman–Crippen LogP) is 3.73. The molecule has 0 saturated carbocycles. The van der Waals surface area contributed by atoms with Crippen LogP contribution < -0.4 is 10.2 Å². The number of nitrogens with zero attached hydrogens (tertiary/aromatic N) is 1. The molecule has 3 atom stereocenters. The number of carbonyl (C=O) groups excluding carboxylic acids is 4. The number of anilines is 1. The van der Waals surface area contributed by atoms with E-state index in [1.165, 1.54) is 14.2 Å². The minimum absolute atomic E-state index is 0.249. The third-order valence-electron chi connectivity index (χ3n) is 4.94. The number of nitrogens with one attached hydrogen (secondary N) is 1. The van der Waals surface area contributed by atoms with Crippen molar-refractivity contribution in [3.8, 4) is 0 Å². The number of hydrogen-bond acceptors (Lipinski definition) is 9. The highest BCUT2D eigenvalue weighted by Gasteiger charge is 2.44. The summed E-state index contributed by atoms with van der Waals surface area (Å²) < 4.78 is 20.4. The van der Waals surface area contributed by atoms with Crippen LogP contribution in [0.2, 0.25) is 0 Å². The Hall–Kier alpha value is -3.14. The van der Waals surface area contributed by atoms with Crippen molar-refractivity contribution < 1.29 is 38.1 Å². The molecule has 0 spiro atoms. The van der Waals surface area contributed by atoms with E-state index in [9.17, 15) is 19.2 Å². The lowest BCUT2D eigenvalue weighted by atomic mass is 9.96. The van der Waals surface area contributed by atoms with Crippen LogP contribution >= 0.6 is 0 Å². The minimum Gasteiger partial charge on any atom is -0.469 e. The molecule has 2 rings (SSSR count). The second-order valence-corrected chi connectivity index (χ2v) is 9.97. The largest absolute Gasteiger partial charge is 0.469 e. The second-order valence-electron chi connectivity index (χ2n) is 9.97. The van der Waals surface area contributed by atoms with Crippen LogP contribution in [0.25, 0.3) is 0 Å². The van der Waals surface area contributed by atoms with E-state index in [2.05, 4.69) is 5.32 Å². The Kier molecular flexibility index (Phi) is 8.31. The quantitative estimate of drug-likeness (QED) is 0.510. The lowest BCUT2D eigenvalue weighted by Gasteiger charge is -2.28. The maximum Gasteiger partial charge on any atom is 0.424 e. The zero-order valence-corrected chi connectivity index (χ0v) is 21.0. The smallest absolute Gasteiger partial charge is 0.424 e. The molecule has 0 bridgehead atoms. The fourth-order valence-electron chi connectivity index (χ4n) is 3.52. The van der Waals surface area contributed by atoms with E-state index in [-0.39, 0.29) is 11.7 Å². The summed E-state index contributed by atoms with van der Waals surface area (Å²) >= 11 is 0. The molecule has 10 nitrogen and oxygen atoms in total. The van der Waals surface area contributed by atoms with Gasteiger partial charge in [-0.05, 0) is 65.7 Å². The van der Waals surface area contributed by atoms with Crippen LogP contribution in [0.4, 0.5) is 15.3 Å². The van der Waals surface area contributed by atoms with Gasteiger partial charge in [0.15, 0.2) is 0 Å². The average Bonchev–Trinajstić information content (AvgIpc) is 3.16. The Morgan fingerprint density at radius 1 is 0.824 bits per heavy atom. The first kappa shape index (κ1) is 27.1. The van der Waals surface area contributed by atoms with Gasteiger partial charge in [-0.15, -0.1) is 0 Å². The van der Waals surface area contributed by atoms with Gasteiger partial charge in [0.05, 0.1) is 25.8 Å². The molecule has 0 radical (unpaired) electrons. The van der Waals surface area contributed by atoms with Crippen LogP contribution in [0.5, 0.6) is 0 Å². The average molecular weight is 479 g/mol. The zero-order valence-electron chi connectivity index (χ0n) is 21.0. The topological polar surface area (TPSA) is 120 Å². The van der Waals surface area contributed by atoms with Gasteiger partial charge in [0.1, 0.15) is 17.2 Å². The Bertz CT molecular complexity index is 862. The first-order chi connectivity index (χ1) is 15.7. The number of esters is 2. The summed E-state index contributed by atoms with van der Waals surface area (Å²) in [5, 5.41) is 3.11. The highest BCUT2D eigenvalue weighted by atomic mass is 16.6. The van der Waals surface area contributed by atoms with Crippen LogP contribution in [-0.2, 0) is 28.5 Å². The van der Waals surface area contributed by atoms with Crippen molar-refractivity contribution in [2.24, 2.45) is 5.92 Å². The summed E-state index contributed by atoms with van der Waals surface area (Å²) in [6.45, 7) is 10.2. The van der Waals surface area contributed by atoms with Gasteiger partial charge in [-0.1, -0.05) is 12.1 Å². The summed E-state index contributed by atoms with van der Waals surface area (Å²) in [7, 11) is 2.52. The SMILES string of the molecule is COC(=O)[C@@H]1C[C@@H](c2ccc(N(C(=O)OC(C)(C)C)C(=O)OC(C)(C)C)cc2)N[C@H]1C(=O)OC. The van der Waals surface area contributed by atoms with Crippen molar-refractivity contribution in [1.29, 1.82) is 0 Å². The summed E-state index contributed by atoms with van der Waals surface area (Å²) in [6, 6.07) is 5.35. The summed E-state index contributed by atoms with van der Waals surface area (Å²) in [6.07, 6.45) is -1.43.